The van der Waals surface area contributed by atoms with Crippen molar-refractivity contribution < 1.29 is 14.1 Å². The molecule has 136 valence electrons. The van der Waals surface area contributed by atoms with Gasteiger partial charge in [-0.05, 0) is 12.0 Å². The number of carbonyl (C=O) groups is 1. The van der Waals surface area contributed by atoms with Crippen molar-refractivity contribution in [1.29, 1.82) is 0 Å². The van der Waals surface area contributed by atoms with Crippen LogP contribution in [0.1, 0.15) is 17.9 Å². The molecule has 0 radical (unpaired) electrons. The molecule has 0 bridgehead atoms. The molecule has 2 aromatic carbocycles. The molecule has 3 aromatic rings. The van der Waals surface area contributed by atoms with E-state index in [-0.39, 0.29) is 18.0 Å². The van der Waals surface area contributed by atoms with Gasteiger partial charge < -0.3 is 9.32 Å². The largest absolute Gasteiger partial charge is 0.441 e. The molecule has 1 aliphatic rings. The van der Waals surface area contributed by atoms with Crippen LogP contribution in [0.2, 0.25) is 0 Å². The lowest BCUT2D eigenvalue weighted by molar-refractivity contribution is -0.384. The van der Waals surface area contributed by atoms with E-state index in [1.807, 2.05) is 30.3 Å². The maximum atomic E-state index is 12.6. The van der Waals surface area contributed by atoms with E-state index < -0.39 is 4.92 Å². The van der Waals surface area contributed by atoms with Gasteiger partial charge in [0.1, 0.15) is 0 Å². The molecule has 0 fully saturated rings. The van der Waals surface area contributed by atoms with Gasteiger partial charge in [-0.3, -0.25) is 14.9 Å². The summed E-state index contributed by atoms with van der Waals surface area (Å²) in [6.07, 6.45) is 2.98. The highest BCUT2D eigenvalue weighted by molar-refractivity contribution is 5.95. The second-order valence-electron chi connectivity index (χ2n) is 6.35. The van der Waals surface area contributed by atoms with Crippen molar-refractivity contribution in [2.45, 2.75) is 19.3 Å². The molecule has 0 atom stereocenters. The van der Waals surface area contributed by atoms with E-state index in [1.54, 1.807) is 17.2 Å². The molecule has 1 amide bonds. The molecule has 0 unspecified atom stereocenters. The number of hydrogen-bond acceptors (Lipinski definition) is 5. The van der Waals surface area contributed by atoms with E-state index in [9.17, 15) is 14.9 Å². The van der Waals surface area contributed by atoms with Gasteiger partial charge in [-0.2, -0.15) is 0 Å². The number of anilines is 1. The molecule has 4 rings (SSSR count). The van der Waals surface area contributed by atoms with Crippen molar-refractivity contribution in [1.82, 2.24) is 4.98 Å². The minimum atomic E-state index is -0.445. The lowest BCUT2D eigenvalue weighted by atomic mass is 10.1. The predicted octanol–water partition coefficient (Wildman–Crippen LogP) is 3.77. The van der Waals surface area contributed by atoms with Gasteiger partial charge >= 0.3 is 0 Å². The molecule has 0 aliphatic carbocycles. The lowest BCUT2D eigenvalue weighted by Gasteiger charge is -2.16. The Morgan fingerprint density at radius 1 is 1.22 bits per heavy atom. The number of amides is 1. The van der Waals surface area contributed by atoms with E-state index in [0.717, 1.165) is 11.1 Å². The highest BCUT2D eigenvalue weighted by Crippen LogP contribution is 2.32. The molecular formula is C20H17N3O4. The first kappa shape index (κ1) is 17.0. The van der Waals surface area contributed by atoms with Gasteiger partial charge in [-0.15, -0.1) is 0 Å². The molecule has 7 nitrogen and oxygen atoms in total. The van der Waals surface area contributed by atoms with E-state index in [0.29, 0.717) is 36.7 Å². The van der Waals surface area contributed by atoms with Gasteiger partial charge in [0, 0.05) is 37.1 Å². The molecule has 27 heavy (non-hydrogen) atoms. The number of aromatic nitrogens is 1. The standard InChI is InChI=1S/C20H17N3O4/c24-20(22-11-10-14-6-7-16(23(25)26)12-17(14)22)9-8-19-21-13-18(27-19)15-4-2-1-3-5-15/h1-7,12-13H,8-11H2. The van der Waals surface area contributed by atoms with Crippen LogP contribution in [0.4, 0.5) is 11.4 Å². The zero-order valence-corrected chi connectivity index (χ0v) is 14.5. The van der Waals surface area contributed by atoms with Crippen molar-refractivity contribution in [2.24, 2.45) is 0 Å². The number of nitrogens with zero attached hydrogens (tertiary/aromatic N) is 3. The molecule has 0 saturated heterocycles. The van der Waals surface area contributed by atoms with Crippen LogP contribution in [0.25, 0.3) is 11.3 Å². The molecule has 2 heterocycles. The molecule has 0 N–H and O–H groups in total. The monoisotopic (exact) mass is 363 g/mol. The van der Waals surface area contributed by atoms with Crippen molar-refractivity contribution >= 4 is 17.3 Å². The van der Waals surface area contributed by atoms with E-state index >= 15 is 0 Å². The van der Waals surface area contributed by atoms with E-state index in [4.69, 9.17) is 4.42 Å². The maximum absolute atomic E-state index is 12.6. The van der Waals surface area contributed by atoms with Crippen LogP contribution in [0.15, 0.2) is 59.1 Å². The van der Waals surface area contributed by atoms with Crippen LogP contribution in [0.5, 0.6) is 0 Å². The second kappa shape index (κ2) is 7.03. The van der Waals surface area contributed by atoms with E-state index in [1.165, 1.54) is 12.1 Å². The number of non-ortho nitro benzene ring substituents is 1. The number of hydrogen-bond donors (Lipinski definition) is 0. The summed E-state index contributed by atoms with van der Waals surface area (Å²) in [6.45, 7) is 0.538. The molecule has 1 aliphatic heterocycles. The second-order valence-corrected chi connectivity index (χ2v) is 6.35. The summed E-state index contributed by atoms with van der Waals surface area (Å²) < 4.78 is 5.73. The Kier molecular flexibility index (Phi) is 4.42. The fraction of sp³-hybridized carbons (Fsp3) is 0.200. The fourth-order valence-electron chi connectivity index (χ4n) is 3.25. The van der Waals surface area contributed by atoms with Crippen LogP contribution < -0.4 is 4.90 Å². The smallest absolute Gasteiger partial charge is 0.271 e. The van der Waals surface area contributed by atoms with Crippen LogP contribution >= 0.6 is 0 Å². The quantitative estimate of drug-likeness (QED) is 0.508. The molecule has 1 aromatic heterocycles. The number of benzene rings is 2. The molecule has 7 heteroatoms. The summed E-state index contributed by atoms with van der Waals surface area (Å²) in [5.74, 6) is 1.08. The summed E-state index contributed by atoms with van der Waals surface area (Å²) in [5.41, 5.74) is 2.51. The topological polar surface area (TPSA) is 89.5 Å². The van der Waals surface area contributed by atoms with E-state index in [2.05, 4.69) is 4.98 Å². The summed E-state index contributed by atoms with van der Waals surface area (Å²) >= 11 is 0. The molecule has 0 spiro atoms. The minimum absolute atomic E-state index is 0.00588. The van der Waals surface area contributed by atoms with Gasteiger partial charge in [0.05, 0.1) is 16.8 Å². The number of rotatable bonds is 5. The van der Waals surface area contributed by atoms with Gasteiger partial charge in [0.15, 0.2) is 11.7 Å². The van der Waals surface area contributed by atoms with Gasteiger partial charge in [-0.25, -0.2) is 4.98 Å². The van der Waals surface area contributed by atoms with Crippen molar-refractivity contribution in [3.63, 3.8) is 0 Å². The Morgan fingerprint density at radius 2 is 2.04 bits per heavy atom. The van der Waals surface area contributed by atoms with Gasteiger partial charge in [0.2, 0.25) is 5.91 Å². The van der Waals surface area contributed by atoms with Gasteiger partial charge in [0.25, 0.3) is 5.69 Å². The van der Waals surface area contributed by atoms with Crippen molar-refractivity contribution in [3.05, 3.63) is 76.3 Å². The third kappa shape index (κ3) is 3.44. The summed E-state index contributed by atoms with van der Waals surface area (Å²) in [7, 11) is 0. The predicted molar refractivity (Wildman–Crippen MR) is 99.4 cm³/mol. The first-order valence-electron chi connectivity index (χ1n) is 8.69. The third-order valence-electron chi connectivity index (χ3n) is 4.64. The molecular weight excluding hydrogens is 346 g/mol. The number of nitro benzene ring substituents is 1. The first-order chi connectivity index (χ1) is 13.1. The number of nitro groups is 1. The Bertz CT molecular complexity index is 997. The summed E-state index contributed by atoms with van der Waals surface area (Å²) in [5, 5.41) is 11.0. The van der Waals surface area contributed by atoms with Crippen LogP contribution in [0, 0.1) is 10.1 Å². The Morgan fingerprint density at radius 3 is 2.81 bits per heavy atom. The van der Waals surface area contributed by atoms with Crippen LogP contribution in [-0.2, 0) is 17.6 Å². The SMILES string of the molecule is O=C(CCc1ncc(-c2ccccc2)o1)N1CCc2ccc([N+](=O)[O-])cc21. The fourth-order valence-corrected chi connectivity index (χ4v) is 3.25. The molecule has 0 saturated carbocycles. The number of oxazole rings is 1. The van der Waals surface area contributed by atoms with Crippen molar-refractivity contribution in [2.75, 3.05) is 11.4 Å². The van der Waals surface area contributed by atoms with Crippen molar-refractivity contribution in [3.8, 4) is 11.3 Å². The zero-order valence-electron chi connectivity index (χ0n) is 14.5. The summed E-state index contributed by atoms with van der Waals surface area (Å²) in [4.78, 5) is 29.0. The third-order valence-corrected chi connectivity index (χ3v) is 4.64. The van der Waals surface area contributed by atoms with Crippen LogP contribution in [0.3, 0.4) is 0 Å². The normalized spacial score (nSPS) is 12.8. The van der Waals surface area contributed by atoms with Gasteiger partial charge in [-0.1, -0.05) is 36.4 Å². The minimum Gasteiger partial charge on any atom is -0.441 e. The average molecular weight is 363 g/mol. The first-order valence-corrected chi connectivity index (χ1v) is 8.69. The lowest BCUT2D eigenvalue weighted by Crippen LogP contribution is -2.29. The average Bonchev–Trinajstić information content (AvgIpc) is 3.33. The maximum Gasteiger partial charge on any atom is 0.271 e. The number of carbonyl (C=O) groups excluding carboxylic acids is 1. The van der Waals surface area contributed by atoms with Crippen LogP contribution in [-0.4, -0.2) is 22.4 Å². The summed E-state index contributed by atoms with van der Waals surface area (Å²) in [6, 6.07) is 14.3. The Balaban J connectivity index is 1.44. The highest BCUT2D eigenvalue weighted by atomic mass is 16.6. The number of fused-ring (bicyclic) bond motifs is 1. The Labute approximate surface area is 155 Å². The zero-order chi connectivity index (χ0) is 18.8. The number of aryl methyl sites for hydroxylation is 1. The highest BCUT2D eigenvalue weighted by Gasteiger charge is 2.26. The Hall–Kier alpha value is -3.48.